The summed E-state index contributed by atoms with van der Waals surface area (Å²) in [5.74, 6) is 2.06. The summed E-state index contributed by atoms with van der Waals surface area (Å²) in [7, 11) is 0. The van der Waals surface area contributed by atoms with Crippen molar-refractivity contribution in [2.75, 3.05) is 0 Å². The molecule has 0 aromatic heterocycles. The fourth-order valence-electron chi connectivity index (χ4n) is 5.82. The number of hydrogen-bond donors (Lipinski definition) is 1. The number of aromatic hydroxyl groups is 1. The van der Waals surface area contributed by atoms with E-state index in [2.05, 4.69) is 67.8 Å². The molecule has 40 heavy (non-hydrogen) atoms. The summed E-state index contributed by atoms with van der Waals surface area (Å²) in [5, 5.41) is 12.0. The Balaban J connectivity index is 0.000000274. The van der Waals surface area contributed by atoms with Crippen molar-refractivity contribution in [3.05, 3.63) is 151 Å². The van der Waals surface area contributed by atoms with Gasteiger partial charge in [0, 0.05) is 10.8 Å². The van der Waals surface area contributed by atoms with Gasteiger partial charge in [0.15, 0.2) is 0 Å². The third-order valence-corrected chi connectivity index (χ3v) is 7.95. The molecule has 6 rings (SSSR count). The van der Waals surface area contributed by atoms with Crippen molar-refractivity contribution < 1.29 is 9.84 Å². The lowest BCUT2D eigenvalue weighted by Crippen LogP contribution is -2.30. The summed E-state index contributed by atoms with van der Waals surface area (Å²) in [6.07, 6.45) is 9.70. The van der Waals surface area contributed by atoms with E-state index >= 15 is 0 Å². The summed E-state index contributed by atoms with van der Waals surface area (Å²) < 4.78 is 6.26. The fraction of sp³-hybridized carbons (Fsp3) is 0.158. The summed E-state index contributed by atoms with van der Waals surface area (Å²) in [6.45, 7) is 7.38. The lowest BCUT2D eigenvalue weighted by Gasteiger charge is -2.38. The normalized spacial score (nSPS) is 14.0. The summed E-state index contributed by atoms with van der Waals surface area (Å²) in [5.41, 5.74) is 4.92. The summed E-state index contributed by atoms with van der Waals surface area (Å²) in [4.78, 5) is 0. The van der Waals surface area contributed by atoms with Crippen LogP contribution in [0.1, 0.15) is 54.4 Å². The van der Waals surface area contributed by atoms with Crippen LogP contribution in [0, 0.1) is 0 Å². The molecule has 2 nitrogen and oxygen atoms in total. The van der Waals surface area contributed by atoms with Crippen LogP contribution in [0.5, 0.6) is 17.2 Å². The minimum atomic E-state index is 0.0178. The Bertz CT molecular complexity index is 1540. The smallest absolute Gasteiger partial charge is 0.135 e. The van der Waals surface area contributed by atoms with Gasteiger partial charge in [0.2, 0.25) is 0 Å². The van der Waals surface area contributed by atoms with E-state index in [0.717, 1.165) is 40.9 Å². The number of rotatable bonds is 6. The number of benzene rings is 5. The van der Waals surface area contributed by atoms with Crippen LogP contribution in [0.4, 0.5) is 0 Å². The maximum absolute atomic E-state index is 9.74. The Hall–Kier alpha value is -4.56. The van der Waals surface area contributed by atoms with Crippen LogP contribution in [0.25, 0.3) is 22.9 Å². The van der Waals surface area contributed by atoms with Gasteiger partial charge in [-0.05, 0) is 70.8 Å². The second-order valence-electron chi connectivity index (χ2n) is 10.3. The quantitative estimate of drug-likeness (QED) is 0.239. The molecular weight excluding hydrogens is 488 g/mol. The molecule has 5 aromatic carbocycles. The molecule has 1 aliphatic carbocycles. The van der Waals surface area contributed by atoms with Crippen LogP contribution in [0.3, 0.4) is 0 Å². The number of fused-ring (bicyclic) bond motifs is 1. The molecule has 200 valence electrons. The van der Waals surface area contributed by atoms with Gasteiger partial charge in [-0.1, -0.05) is 130 Å². The zero-order valence-electron chi connectivity index (χ0n) is 22.9. The first kappa shape index (κ1) is 27.0. The topological polar surface area (TPSA) is 29.5 Å². The van der Waals surface area contributed by atoms with Gasteiger partial charge in [0.05, 0.1) is 0 Å². The molecule has 5 aromatic rings. The molecule has 0 unspecified atom stereocenters. The van der Waals surface area contributed by atoms with Gasteiger partial charge in [-0.15, -0.1) is 0 Å². The lowest BCUT2D eigenvalue weighted by atomic mass is 9.65. The van der Waals surface area contributed by atoms with E-state index in [0.29, 0.717) is 5.75 Å². The third-order valence-electron chi connectivity index (χ3n) is 7.95. The van der Waals surface area contributed by atoms with Gasteiger partial charge >= 0.3 is 0 Å². The summed E-state index contributed by atoms with van der Waals surface area (Å²) >= 11 is 0. The van der Waals surface area contributed by atoms with E-state index in [-0.39, 0.29) is 5.41 Å². The first-order valence-electron chi connectivity index (χ1n) is 14.0. The van der Waals surface area contributed by atoms with E-state index in [9.17, 15) is 5.11 Å². The molecule has 0 saturated heterocycles. The molecular formula is C38H36O2. The van der Waals surface area contributed by atoms with Crippen LogP contribution in [-0.2, 0) is 5.41 Å². The summed E-state index contributed by atoms with van der Waals surface area (Å²) in [6, 6.07) is 38.9. The van der Waals surface area contributed by atoms with Gasteiger partial charge in [0.25, 0.3) is 0 Å². The highest BCUT2D eigenvalue weighted by Crippen LogP contribution is 2.45. The van der Waals surface area contributed by atoms with Gasteiger partial charge in [-0.2, -0.15) is 0 Å². The zero-order chi connectivity index (χ0) is 27.8. The largest absolute Gasteiger partial charge is 0.508 e. The minimum absolute atomic E-state index is 0.0178. The van der Waals surface area contributed by atoms with Crippen molar-refractivity contribution in [3.63, 3.8) is 0 Å². The average Bonchev–Trinajstić information content (AvgIpc) is 3.02. The van der Waals surface area contributed by atoms with Crippen molar-refractivity contribution in [1.82, 2.24) is 0 Å². The van der Waals surface area contributed by atoms with E-state index < -0.39 is 0 Å². The van der Waals surface area contributed by atoms with Crippen LogP contribution < -0.4 is 4.74 Å². The van der Waals surface area contributed by atoms with Crippen molar-refractivity contribution >= 4 is 22.9 Å². The van der Waals surface area contributed by atoms with Gasteiger partial charge in [-0.25, -0.2) is 0 Å². The van der Waals surface area contributed by atoms with Crippen LogP contribution in [-0.4, -0.2) is 5.11 Å². The van der Waals surface area contributed by atoms with Crippen molar-refractivity contribution in [1.29, 1.82) is 0 Å². The maximum Gasteiger partial charge on any atom is 0.135 e. The highest BCUT2D eigenvalue weighted by molar-refractivity contribution is 5.88. The lowest BCUT2D eigenvalue weighted by molar-refractivity contribution is 0.345. The molecule has 1 N–H and O–H groups in total. The molecule has 0 heterocycles. The molecule has 1 saturated carbocycles. The molecule has 2 heteroatoms. The van der Waals surface area contributed by atoms with E-state index in [1.165, 1.54) is 35.8 Å². The molecule has 0 atom stereocenters. The number of phenolic OH excluding ortho intramolecular Hbond substituents is 1. The third kappa shape index (κ3) is 5.87. The standard InChI is InChI=1S/C28H26O2.C10H10/c29-24-15-11-22(12-16-24)28(19-4-1-5-20-28)23-13-17-25(18-14-23)30-27-10-6-8-21-7-2-3-9-26(21)27;1-3-9-7-5-6-8-10(9)4-2/h2-3,6-18,29H,1,4-5,19-20H2;3-8H,1-2H2. The Labute approximate surface area is 237 Å². The van der Waals surface area contributed by atoms with E-state index in [4.69, 9.17) is 4.74 Å². The number of hydrogen-bond acceptors (Lipinski definition) is 2. The van der Waals surface area contributed by atoms with E-state index in [1.54, 1.807) is 0 Å². The molecule has 0 radical (unpaired) electrons. The highest BCUT2D eigenvalue weighted by atomic mass is 16.5. The van der Waals surface area contributed by atoms with Crippen LogP contribution in [0.15, 0.2) is 128 Å². The van der Waals surface area contributed by atoms with Crippen molar-refractivity contribution in [2.24, 2.45) is 0 Å². The molecule has 0 spiro atoms. The van der Waals surface area contributed by atoms with Crippen molar-refractivity contribution in [3.8, 4) is 17.2 Å². The Morgan fingerprint density at radius 1 is 0.600 bits per heavy atom. The number of phenols is 1. The molecule has 1 fully saturated rings. The SMILES string of the molecule is C=Cc1ccccc1C=C.Oc1ccc(C2(c3ccc(Oc4cccc5ccccc45)cc3)CCCCC2)cc1. The molecule has 0 amide bonds. The molecule has 1 aliphatic rings. The molecule has 0 bridgehead atoms. The van der Waals surface area contributed by atoms with Gasteiger partial charge < -0.3 is 9.84 Å². The second kappa shape index (κ2) is 12.5. The minimum Gasteiger partial charge on any atom is -0.508 e. The van der Waals surface area contributed by atoms with Gasteiger partial charge in [-0.3, -0.25) is 0 Å². The predicted octanol–water partition coefficient (Wildman–Crippen LogP) is 10.6. The Morgan fingerprint density at radius 3 is 1.77 bits per heavy atom. The second-order valence-corrected chi connectivity index (χ2v) is 10.3. The van der Waals surface area contributed by atoms with Crippen LogP contribution >= 0.6 is 0 Å². The first-order valence-corrected chi connectivity index (χ1v) is 14.0. The van der Waals surface area contributed by atoms with E-state index in [1.807, 2.05) is 72.8 Å². The maximum atomic E-state index is 9.74. The predicted molar refractivity (Wildman–Crippen MR) is 169 cm³/mol. The first-order chi connectivity index (χ1) is 19.6. The molecule has 0 aliphatic heterocycles. The van der Waals surface area contributed by atoms with Gasteiger partial charge in [0.1, 0.15) is 17.2 Å². The Kier molecular flexibility index (Phi) is 8.47. The number of ether oxygens (including phenoxy) is 1. The zero-order valence-corrected chi connectivity index (χ0v) is 22.9. The Morgan fingerprint density at radius 2 is 1.15 bits per heavy atom. The monoisotopic (exact) mass is 524 g/mol. The van der Waals surface area contributed by atoms with Crippen LogP contribution in [0.2, 0.25) is 0 Å². The highest BCUT2D eigenvalue weighted by Gasteiger charge is 2.35. The average molecular weight is 525 g/mol. The fourth-order valence-corrected chi connectivity index (χ4v) is 5.82. The van der Waals surface area contributed by atoms with Crippen molar-refractivity contribution in [2.45, 2.75) is 37.5 Å².